The Morgan fingerprint density at radius 2 is 2.00 bits per heavy atom. The molecule has 0 amide bonds. The second-order valence-electron chi connectivity index (χ2n) is 4.24. The largest absolute Gasteiger partial charge is 0.328 e. The first kappa shape index (κ1) is 13.8. The molecule has 2 rings (SSSR count). The van der Waals surface area contributed by atoms with E-state index in [1.54, 1.807) is 0 Å². The highest BCUT2D eigenvalue weighted by atomic mass is 35.5. The highest BCUT2D eigenvalue weighted by Gasteiger charge is 2.15. The molecule has 0 unspecified atom stereocenters. The summed E-state index contributed by atoms with van der Waals surface area (Å²) in [6, 6.07) is 8.49. The fourth-order valence-electron chi connectivity index (χ4n) is 2.00. The van der Waals surface area contributed by atoms with E-state index in [1.165, 1.54) is 5.56 Å². The number of nitrogens with zero attached hydrogens (tertiary/aromatic N) is 1. The zero-order chi connectivity index (χ0) is 10.7. The van der Waals surface area contributed by atoms with Crippen LogP contribution >= 0.6 is 24.0 Å². The molecule has 0 spiro atoms. The molecule has 2 N–H and O–H groups in total. The molecule has 1 aromatic carbocycles. The number of benzene rings is 1. The van der Waals surface area contributed by atoms with Crippen molar-refractivity contribution in [2.24, 2.45) is 5.73 Å². The molecular formula is C12H18Cl2N2. The second kappa shape index (κ2) is 6.45. The van der Waals surface area contributed by atoms with Gasteiger partial charge in [-0.05, 0) is 43.6 Å². The summed E-state index contributed by atoms with van der Waals surface area (Å²) in [6.45, 7) is 3.20. The average molecular weight is 261 g/mol. The van der Waals surface area contributed by atoms with Crippen LogP contribution < -0.4 is 5.73 Å². The normalized spacial score (nSPS) is 18.1. The van der Waals surface area contributed by atoms with Gasteiger partial charge in [0.25, 0.3) is 0 Å². The Bertz CT molecular complexity index is 323. The van der Waals surface area contributed by atoms with Gasteiger partial charge >= 0.3 is 0 Å². The van der Waals surface area contributed by atoms with Gasteiger partial charge < -0.3 is 5.73 Å². The van der Waals surface area contributed by atoms with Gasteiger partial charge in [0.15, 0.2) is 0 Å². The Morgan fingerprint density at radius 1 is 1.31 bits per heavy atom. The number of rotatable bonds is 2. The Morgan fingerprint density at radius 3 is 2.62 bits per heavy atom. The van der Waals surface area contributed by atoms with Crippen molar-refractivity contribution in [3.05, 3.63) is 34.9 Å². The number of nitrogens with two attached hydrogens (primary N) is 1. The molecular weight excluding hydrogens is 243 g/mol. The molecule has 1 heterocycles. The molecule has 90 valence electrons. The third-order valence-electron chi connectivity index (χ3n) is 2.93. The zero-order valence-electron chi connectivity index (χ0n) is 9.23. The summed E-state index contributed by atoms with van der Waals surface area (Å²) < 4.78 is 0. The van der Waals surface area contributed by atoms with E-state index < -0.39 is 0 Å². The van der Waals surface area contributed by atoms with Gasteiger partial charge in [0.1, 0.15) is 0 Å². The molecule has 1 aliphatic heterocycles. The summed E-state index contributed by atoms with van der Waals surface area (Å²) in [5, 5.41) is 0.821. The van der Waals surface area contributed by atoms with Crippen molar-refractivity contribution < 1.29 is 0 Å². The Kier molecular flexibility index (Phi) is 5.56. The van der Waals surface area contributed by atoms with Gasteiger partial charge in [0.2, 0.25) is 0 Å². The van der Waals surface area contributed by atoms with Crippen molar-refractivity contribution >= 4 is 24.0 Å². The molecule has 0 saturated carbocycles. The van der Waals surface area contributed by atoms with Crippen LogP contribution in [0.3, 0.4) is 0 Å². The van der Waals surface area contributed by atoms with Crippen LogP contribution in [0.15, 0.2) is 24.3 Å². The Labute approximate surface area is 108 Å². The number of piperidine rings is 1. The molecule has 0 bridgehead atoms. The van der Waals surface area contributed by atoms with Crippen LogP contribution in [0, 0.1) is 0 Å². The SMILES string of the molecule is Cl.NC1CCN(Cc2cccc(Cl)c2)CC1. The number of halogens is 2. The quantitative estimate of drug-likeness (QED) is 0.886. The Balaban J connectivity index is 0.00000128. The molecule has 4 heteroatoms. The summed E-state index contributed by atoms with van der Waals surface area (Å²) in [5.74, 6) is 0. The number of hydrogen-bond donors (Lipinski definition) is 1. The molecule has 1 saturated heterocycles. The standard InChI is InChI=1S/C12H17ClN2.ClH/c13-11-3-1-2-10(8-11)9-15-6-4-12(14)5-7-15;/h1-3,8,12H,4-7,9,14H2;1H. The maximum atomic E-state index is 5.95. The van der Waals surface area contributed by atoms with Gasteiger partial charge in [-0.2, -0.15) is 0 Å². The molecule has 1 aliphatic rings. The molecule has 16 heavy (non-hydrogen) atoms. The second-order valence-corrected chi connectivity index (χ2v) is 4.68. The maximum absolute atomic E-state index is 5.95. The van der Waals surface area contributed by atoms with Gasteiger partial charge in [-0.15, -0.1) is 12.4 Å². The summed E-state index contributed by atoms with van der Waals surface area (Å²) in [7, 11) is 0. The lowest BCUT2D eigenvalue weighted by Crippen LogP contribution is -2.39. The van der Waals surface area contributed by atoms with Crippen molar-refractivity contribution in [1.82, 2.24) is 4.90 Å². The van der Waals surface area contributed by atoms with E-state index in [4.69, 9.17) is 17.3 Å². The minimum Gasteiger partial charge on any atom is -0.328 e. The fourth-order valence-corrected chi connectivity index (χ4v) is 2.22. The minimum absolute atomic E-state index is 0. The fraction of sp³-hybridized carbons (Fsp3) is 0.500. The average Bonchev–Trinajstić information content (AvgIpc) is 2.22. The van der Waals surface area contributed by atoms with Crippen LogP contribution in [0.2, 0.25) is 5.02 Å². The highest BCUT2D eigenvalue weighted by Crippen LogP contribution is 2.15. The van der Waals surface area contributed by atoms with E-state index >= 15 is 0 Å². The monoisotopic (exact) mass is 260 g/mol. The molecule has 1 fully saturated rings. The van der Waals surface area contributed by atoms with E-state index in [2.05, 4.69) is 11.0 Å². The summed E-state index contributed by atoms with van der Waals surface area (Å²) in [5.41, 5.74) is 7.16. The van der Waals surface area contributed by atoms with E-state index in [1.807, 2.05) is 18.2 Å². The summed E-state index contributed by atoms with van der Waals surface area (Å²) in [6.07, 6.45) is 2.22. The topological polar surface area (TPSA) is 29.3 Å². The smallest absolute Gasteiger partial charge is 0.0409 e. The van der Waals surface area contributed by atoms with Gasteiger partial charge in [0.05, 0.1) is 0 Å². The van der Waals surface area contributed by atoms with Crippen LogP contribution in [-0.2, 0) is 6.54 Å². The number of hydrogen-bond acceptors (Lipinski definition) is 2. The lowest BCUT2D eigenvalue weighted by Gasteiger charge is -2.30. The van der Waals surface area contributed by atoms with Crippen LogP contribution in [-0.4, -0.2) is 24.0 Å². The predicted molar refractivity (Wildman–Crippen MR) is 71.2 cm³/mol. The van der Waals surface area contributed by atoms with E-state index in [-0.39, 0.29) is 12.4 Å². The molecule has 1 aromatic rings. The van der Waals surface area contributed by atoms with Crippen LogP contribution in [0.4, 0.5) is 0 Å². The number of likely N-dealkylation sites (tertiary alicyclic amines) is 1. The first-order chi connectivity index (χ1) is 7.24. The van der Waals surface area contributed by atoms with Gasteiger partial charge in [-0.3, -0.25) is 4.90 Å². The summed E-state index contributed by atoms with van der Waals surface area (Å²) in [4.78, 5) is 2.44. The van der Waals surface area contributed by atoms with Crippen molar-refractivity contribution in [3.8, 4) is 0 Å². The maximum Gasteiger partial charge on any atom is 0.0409 e. The predicted octanol–water partition coefficient (Wildman–Crippen LogP) is 2.68. The Hall–Kier alpha value is -0.280. The molecule has 2 nitrogen and oxygen atoms in total. The van der Waals surface area contributed by atoms with E-state index in [9.17, 15) is 0 Å². The third-order valence-corrected chi connectivity index (χ3v) is 3.16. The van der Waals surface area contributed by atoms with Crippen LogP contribution in [0.1, 0.15) is 18.4 Å². The zero-order valence-corrected chi connectivity index (χ0v) is 10.8. The highest BCUT2D eigenvalue weighted by molar-refractivity contribution is 6.30. The van der Waals surface area contributed by atoms with E-state index in [0.717, 1.165) is 37.5 Å². The molecule has 0 radical (unpaired) electrons. The lowest BCUT2D eigenvalue weighted by atomic mass is 10.1. The first-order valence-corrected chi connectivity index (χ1v) is 5.84. The van der Waals surface area contributed by atoms with Gasteiger partial charge in [-0.25, -0.2) is 0 Å². The van der Waals surface area contributed by atoms with Crippen molar-refractivity contribution in [3.63, 3.8) is 0 Å². The molecule has 0 aliphatic carbocycles. The first-order valence-electron chi connectivity index (χ1n) is 5.46. The van der Waals surface area contributed by atoms with Gasteiger partial charge in [-0.1, -0.05) is 23.7 Å². The van der Waals surface area contributed by atoms with Crippen molar-refractivity contribution in [2.45, 2.75) is 25.4 Å². The van der Waals surface area contributed by atoms with Gasteiger partial charge in [0, 0.05) is 17.6 Å². The van der Waals surface area contributed by atoms with Crippen molar-refractivity contribution in [1.29, 1.82) is 0 Å². The van der Waals surface area contributed by atoms with Crippen LogP contribution in [0.25, 0.3) is 0 Å². The molecule has 0 atom stereocenters. The summed E-state index contributed by atoms with van der Waals surface area (Å²) >= 11 is 5.95. The third kappa shape index (κ3) is 3.95. The van der Waals surface area contributed by atoms with Crippen molar-refractivity contribution in [2.75, 3.05) is 13.1 Å². The van der Waals surface area contributed by atoms with E-state index in [0.29, 0.717) is 6.04 Å². The molecule has 0 aromatic heterocycles. The van der Waals surface area contributed by atoms with Crippen LogP contribution in [0.5, 0.6) is 0 Å². The lowest BCUT2D eigenvalue weighted by molar-refractivity contribution is 0.205. The minimum atomic E-state index is 0.